The average Bonchev–Trinajstić information content (AvgIpc) is 3.22. The van der Waals surface area contributed by atoms with Gasteiger partial charge in [0.1, 0.15) is 24.4 Å². The van der Waals surface area contributed by atoms with Gasteiger partial charge in [0.25, 0.3) is 5.56 Å². The SMILES string of the molecule is CCC#Cc1cn([C@@H]2O[C@H](COC(=O)c3ccc(C)cc3)[C@@H](OC(=O)c3ccc(C)cc3)[C@@H]2O)c(=O)[nH]c1=O. The predicted molar refractivity (Wildman–Crippen MR) is 140 cm³/mol. The Morgan fingerprint density at radius 1 is 1.00 bits per heavy atom. The van der Waals surface area contributed by atoms with Crippen molar-refractivity contribution in [3.05, 3.63) is 103 Å². The summed E-state index contributed by atoms with van der Waals surface area (Å²) in [4.78, 5) is 52.5. The first kappa shape index (κ1) is 27.6. The van der Waals surface area contributed by atoms with Crippen LogP contribution in [-0.4, -0.2) is 51.5 Å². The van der Waals surface area contributed by atoms with Crippen LogP contribution in [0.4, 0.5) is 0 Å². The Morgan fingerprint density at radius 3 is 2.18 bits per heavy atom. The molecule has 0 amide bonds. The van der Waals surface area contributed by atoms with Crippen molar-refractivity contribution in [2.24, 2.45) is 0 Å². The molecule has 1 aromatic heterocycles. The first-order chi connectivity index (χ1) is 18.7. The molecule has 0 saturated carbocycles. The first-order valence-corrected chi connectivity index (χ1v) is 12.4. The van der Waals surface area contributed by atoms with E-state index in [1.54, 1.807) is 55.5 Å². The topological polar surface area (TPSA) is 137 Å². The summed E-state index contributed by atoms with van der Waals surface area (Å²) in [5.74, 6) is 4.05. The largest absolute Gasteiger partial charge is 0.459 e. The summed E-state index contributed by atoms with van der Waals surface area (Å²) in [6.45, 7) is 5.17. The molecule has 1 saturated heterocycles. The van der Waals surface area contributed by atoms with Gasteiger partial charge in [0.05, 0.1) is 11.1 Å². The number of aryl methyl sites for hydroxylation is 2. The van der Waals surface area contributed by atoms with E-state index in [1.165, 1.54) is 6.20 Å². The normalized spacial score (nSPS) is 20.1. The van der Waals surface area contributed by atoms with Gasteiger partial charge >= 0.3 is 17.6 Å². The summed E-state index contributed by atoms with van der Waals surface area (Å²) in [6.07, 6.45) is -3.69. The fraction of sp³-hybridized carbons (Fsp3) is 0.310. The molecule has 1 fully saturated rings. The molecule has 0 bridgehead atoms. The van der Waals surface area contributed by atoms with Gasteiger partial charge in [-0.05, 0) is 38.1 Å². The number of carbonyl (C=O) groups is 2. The van der Waals surface area contributed by atoms with Gasteiger partial charge in [-0.1, -0.05) is 54.2 Å². The van der Waals surface area contributed by atoms with Crippen molar-refractivity contribution in [3.63, 3.8) is 0 Å². The Morgan fingerprint density at radius 2 is 1.59 bits per heavy atom. The van der Waals surface area contributed by atoms with E-state index in [9.17, 15) is 24.3 Å². The number of nitrogens with zero attached hydrogens (tertiary/aromatic N) is 1. The van der Waals surface area contributed by atoms with E-state index in [-0.39, 0.29) is 17.7 Å². The minimum Gasteiger partial charge on any atom is -0.459 e. The van der Waals surface area contributed by atoms with Gasteiger partial charge in [-0.2, -0.15) is 0 Å². The van der Waals surface area contributed by atoms with Gasteiger partial charge in [0.2, 0.25) is 0 Å². The molecule has 10 heteroatoms. The zero-order valence-corrected chi connectivity index (χ0v) is 21.7. The molecule has 4 rings (SSSR count). The van der Waals surface area contributed by atoms with Gasteiger partial charge in [0.15, 0.2) is 12.3 Å². The number of hydrogen-bond donors (Lipinski definition) is 2. The maximum atomic E-state index is 12.9. The zero-order valence-electron chi connectivity index (χ0n) is 21.7. The van der Waals surface area contributed by atoms with Crippen LogP contribution < -0.4 is 11.2 Å². The lowest BCUT2D eigenvalue weighted by Crippen LogP contribution is -2.40. The van der Waals surface area contributed by atoms with Crippen molar-refractivity contribution in [2.45, 2.75) is 51.7 Å². The Balaban J connectivity index is 1.62. The van der Waals surface area contributed by atoms with Gasteiger partial charge in [-0.25, -0.2) is 14.4 Å². The van der Waals surface area contributed by atoms with E-state index in [2.05, 4.69) is 16.8 Å². The highest BCUT2D eigenvalue weighted by atomic mass is 16.6. The van der Waals surface area contributed by atoms with E-state index in [0.29, 0.717) is 12.0 Å². The van der Waals surface area contributed by atoms with Crippen LogP contribution in [0.15, 0.2) is 64.3 Å². The number of hydrogen-bond acceptors (Lipinski definition) is 8. The third-order valence-electron chi connectivity index (χ3n) is 6.15. The fourth-order valence-corrected chi connectivity index (χ4v) is 3.99. The van der Waals surface area contributed by atoms with Crippen LogP contribution in [0.5, 0.6) is 0 Å². The highest BCUT2D eigenvalue weighted by Gasteiger charge is 2.48. The molecule has 1 aliphatic rings. The summed E-state index contributed by atoms with van der Waals surface area (Å²) in [6, 6.07) is 13.4. The minimum atomic E-state index is -1.54. The highest BCUT2D eigenvalue weighted by molar-refractivity contribution is 5.90. The number of aromatic amines is 1. The standard InChI is InChI=1S/C29H28N2O8/c1-4-5-6-21-15-31(29(36)30-25(21)33)26-23(32)24(39-28(35)20-13-9-18(3)10-14-20)22(38-26)16-37-27(34)19-11-7-17(2)8-12-19/h7-15,22-24,26,32H,4,16H2,1-3H3,(H,30,33,36)/t22-,23+,24-,26-/m1/s1. The van der Waals surface area contributed by atoms with Crippen molar-refractivity contribution < 1.29 is 28.9 Å². The number of H-pyrrole nitrogens is 1. The highest BCUT2D eigenvalue weighted by Crippen LogP contribution is 2.31. The minimum absolute atomic E-state index is 0.00491. The van der Waals surface area contributed by atoms with Crippen LogP contribution >= 0.6 is 0 Å². The van der Waals surface area contributed by atoms with Gasteiger partial charge in [-0.15, -0.1) is 0 Å². The quantitative estimate of drug-likeness (QED) is 0.364. The molecule has 4 atom stereocenters. The zero-order chi connectivity index (χ0) is 28.1. The predicted octanol–water partition coefficient (Wildman–Crippen LogP) is 2.26. The van der Waals surface area contributed by atoms with Gasteiger partial charge < -0.3 is 19.3 Å². The molecule has 2 N–H and O–H groups in total. The number of carbonyl (C=O) groups excluding carboxylic acids is 2. The summed E-state index contributed by atoms with van der Waals surface area (Å²) in [7, 11) is 0. The Labute approximate surface area is 224 Å². The smallest absolute Gasteiger partial charge is 0.338 e. The van der Waals surface area contributed by atoms with E-state index < -0.39 is 47.7 Å². The maximum absolute atomic E-state index is 12.9. The van der Waals surface area contributed by atoms with Crippen molar-refractivity contribution in [2.75, 3.05) is 6.61 Å². The molecular formula is C29H28N2O8. The van der Waals surface area contributed by atoms with E-state index in [1.807, 2.05) is 13.8 Å². The number of rotatable bonds is 6. The van der Waals surface area contributed by atoms with Crippen LogP contribution in [0.2, 0.25) is 0 Å². The number of aliphatic hydroxyl groups excluding tert-OH is 1. The molecule has 2 heterocycles. The molecule has 1 aliphatic heterocycles. The number of aromatic nitrogens is 2. The monoisotopic (exact) mass is 532 g/mol. The van der Waals surface area contributed by atoms with Crippen LogP contribution in [0, 0.1) is 25.7 Å². The lowest BCUT2D eigenvalue weighted by molar-refractivity contribution is -0.0614. The summed E-state index contributed by atoms with van der Waals surface area (Å²) in [5, 5.41) is 11.2. The second kappa shape index (κ2) is 11.9. The molecule has 39 heavy (non-hydrogen) atoms. The maximum Gasteiger partial charge on any atom is 0.338 e. The Hall–Kier alpha value is -4.46. The number of esters is 2. The number of nitrogens with one attached hydrogen (secondary N) is 1. The molecule has 0 aliphatic carbocycles. The lowest BCUT2D eigenvalue weighted by Gasteiger charge is -2.21. The van der Waals surface area contributed by atoms with E-state index >= 15 is 0 Å². The number of ether oxygens (including phenoxy) is 3. The molecule has 3 aromatic rings. The van der Waals surface area contributed by atoms with Gasteiger partial charge in [-0.3, -0.25) is 14.3 Å². The third-order valence-corrected chi connectivity index (χ3v) is 6.15. The summed E-state index contributed by atoms with van der Waals surface area (Å²) in [5.41, 5.74) is 0.910. The lowest BCUT2D eigenvalue weighted by atomic mass is 10.1. The van der Waals surface area contributed by atoms with Gasteiger partial charge in [0, 0.05) is 12.6 Å². The van der Waals surface area contributed by atoms with E-state index in [4.69, 9.17) is 14.2 Å². The Bertz CT molecular complexity index is 1530. The fourth-order valence-electron chi connectivity index (χ4n) is 3.99. The van der Waals surface area contributed by atoms with Crippen LogP contribution in [0.25, 0.3) is 0 Å². The van der Waals surface area contributed by atoms with Crippen molar-refractivity contribution in [1.82, 2.24) is 9.55 Å². The summed E-state index contributed by atoms with van der Waals surface area (Å²) < 4.78 is 17.9. The molecule has 0 spiro atoms. The molecule has 2 aromatic carbocycles. The second-order valence-corrected chi connectivity index (χ2v) is 9.12. The average molecular weight is 533 g/mol. The molecule has 0 radical (unpaired) electrons. The second-order valence-electron chi connectivity index (χ2n) is 9.12. The van der Waals surface area contributed by atoms with E-state index in [0.717, 1.165) is 15.7 Å². The summed E-state index contributed by atoms with van der Waals surface area (Å²) >= 11 is 0. The third kappa shape index (κ3) is 6.34. The molecular weight excluding hydrogens is 504 g/mol. The van der Waals surface area contributed by atoms with Crippen molar-refractivity contribution in [3.8, 4) is 11.8 Å². The number of aliphatic hydroxyl groups is 1. The van der Waals surface area contributed by atoms with Crippen molar-refractivity contribution >= 4 is 11.9 Å². The van der Waals surface area contributed by atoms with Crippen LogP contribution in [0.1, 0.15) is 57.0 Å². The molecule has 0 unspecified atom stereocenters. The molecule has 10 nitrogen and oxygen atoms in total. The molecule has 202 valence electrons. The van der Waals surface area contributed by atoms with Crippen LogP contribution in [-0.2, 0) is 14.2 Å². The van der Waals surface area contributed by atoms with Crippen LogP contribution in [0.3, 0.4) is 0 Å². The number of benzene rings is 2. The Kier molecular flexibility index (Phi) is 8.44. The van der Waals surface area contributed by atoms with Crippen molar-refractivity contribution in [1.29, 1.82) is 0 Å². The first-order valence-electron chi connectivity index (χ1n) is 12.4.